The first kappa shape index (κ1) is 12.0. The molecule has 1 rings (SSSR count). The zero-order chi connectivity index (χ0) is 11.5. The summed E-state index contributed by atoms with van der Waals surface area (Å²) in [4.78, 5) is 3.17. The van der Waals surface area contributed by atoms with Gasteiger partial charge in [0.25, 0.3) is 0 Å². The van der Waals surface area contributed by atoms with Gasteiger partial charge in [0.05, 0.1) is 12.8 Å². The fourth-order valence-corrected chi connectivity index (χ4v) is 2.12. The van der Waals surface area contributed by atoms with E-state index in [0.29, 0.717) is 0 Å². The normalized spacial score (nSPS) is 13.8. The standard InChI is InChI=1S/C8H11FN2O3S/c1-6(5-12)11-15(13,14)8-2-7(9)3-10-4-8/h2-4,6,11-12H,5H2,1H3. The Balaban J connectivity index is 2.96. The fourth-order valence-electron chi connectivity index (χ4n) is 0.910. The summed E-state index contributed by atoms with van der Waals surface area (Å²) < 4.78 is 37.9. The van der Waals surface area contributed by atoms with E-state index in [2.05, 4.69) is 9.71 Å². The third kappa shape index (κ3) is 3.22. The van der Waals surface area contributed by atoms with Crippen LogP contribution in [-0.4, -0.2) is 31.2 Å². The highest BCUT2D eigenvalue weighted by Crippen LogP contribution is 2.08. The fraction of sp³-hybridized carbons (Fsp3) is 0.375. The third-order valence-electron chi connectivity index (χ3n) is 1.62. The van der Waals surface area contributed by atoms with Crippen molar-refractivity contribution >= 4 is 10.0 Å². The van der Waals surface area contributed by atoms with Crippen LogP contribution < -0.4 is 4.72 Å². The van der Waals surface area contributed by atoms with Gasteiger partial charge in [0.1, 0.15) is 10.7 Å². The number of aliphatic hydroxyl groups excluding tert-OH is 1. The maximum Gasteiger partial charge on any atom is 0.242 e. The zero-order valence-electron chi connectivity index (χ0n) is 8.01. The van der Waals surface area contributed by atoms with E-state index < -0.39 is 21.9 Å². The summed E-state index contributed by atoms with van der Waals surface area (Å²) in [5.74, 6) is -0.727. The molecule has 1 atom stereocenters. The number of nitrogens with zero attached hydrogens (tertiary/aromatic N) is 1. The van der Waals surface area contributed by atoms with Gasteiger partial charge in [0.2, 0.25) is 10.0 Å². The van der Waals surface area contributed by atoms with E-state index in [0.717, 1.165) is 18.5 Å². The highest BCUT2D eigenvalue weighted by atomic mass is 32.2. The lowest BCUT2D eigenvalue weighted by atomic mass is 10.4. The van der Waals surface area contributed by atoms with Crippen LogP contribution in [0, 0.1) is 5.82 Å². The average molecular weight is 234 g/mol. The average Bonchev–Trinajstić information content (AvgIpc) is 2.17. The minimum Gasteiger partial charge on any atom is -0.395 e. The molecule has 7 heteroatoms. The van der Waals surface area contributed by atoms with E-state index in [4.69, 9.17) is 5.11 Å². The largest absolute Gasteiger partial charge is 0.395 e. The molecule has 5 nitrogen and oxygen atoms in total. The second-order valence-corrected chi connectivity index (χ2v) is 4.76. The number of hydrogen-bond acceptors (Lipinski definition) is 4. The molecule has 84 valence electrons. The van der Waals surface area contributed by atoms with Crippen molar-refractivity contribution in [2.75, 3.05) is 6.61 Å². The van der Waals surface area contributed by atoms with Gasteiger partial charge >= 0.3 is 0 Å². The molecule has 0 aliphatic heterocycles. The van der Waals surface area contributed by atoms with Crippen molar-refractivity contribution in [3.05, 3.63) is 24.3 Å². The molecule has 0 radical (unpaired) electrons. The summed E-state index contributed by atoms with van der Waals surface area (Å²) in [5.41, 5.74) is 0. The molecule has 0 saturated carbocycles. The molecule has 0 aromatic carbocycles. The van der Waals surface area contributed by atoms with E-state index >= 15 is 0 Å². The molecule has 15 heavy (non-hydrogen) atoms. The molecule has 1 aromatic heterocycles. The van der Waals surface area contributed by atoms with Crippen LogP contribution in [0.1, 0.15) is 6.92 Å². The number of aliphatic hydroxyl groups is 1. The van der Waals surface area contributed by atoms with Gasteiger partial charge in [-0.05, 0) is 13.0 Å². The zero-order valence-corrected chi connectivity index (χ0v) is 8.83. The van der Waals surface area contributed by atoms with Crippen LogP contribution in [0.3, 0.4) is 0 Å². The number of aromatic nitrogens is 1. The summed E-state index contributed by atoms with van der Waals surface area (Å²) in [5, 5.41) is 8.68. The summed E-state index contributed by atoms with van der Waals surface area (Å²) in [6, 6.07) is 0.234. The number of sulfonamides is 1. The molecule has 1 aromatic rings. The van der Waals surface area contributed by atoms with Gasteiger partial charge in [0.15, 0.2) is 0 Å². The highest BCUT2D eigenvalue weighted by Gasteiger charge is 2.17. The predicted octanol–water partition coefficient (Wildman–Crippen LogP) is -0.120. The van der Waals surface area contributed by atoms with Crippen molar-refractivity contribution in [2.45, 2.75) is 17.9 Å². The molecule has 0 saturated heterocycles. The Bertz CT molecular complexity index is 435. The van der Waals surface area contributed by atoms with Gasteiger partial charge in [-0.3, -0.25) is 4.98 Å². The smallest absolute Gasteiger partial charge is 0.242 e. The van der Waals surface area contributed by atoms with Crippen molar-refractivity contribution in [3.8, 4) is 0 Å². The van der Waals surface area contributed by atoms with Gasteiger partial charge in [-0.15, -0.1) is 0 Å². The molecular formula is C8H11FN2O3S. The van der Waals surface area contributed by atoms with Crippen LogP contribution in [0.5, 0.6) is 0 Å². The van der Waals surface area contributed by atoms with Crippen LogP contribution in [0.15, 0.2) is 23.4 Å². The molecule has 1 heterocycles. The Hall–Kier alpha value is -1.05. The van der Waals surface area contributed by atoms with Crippen LogP contribution in [0.2, 0.25) is 0 Å². The Morgan fingerprint density at radius 3 is 2.80 bits per heavy atom. The van der Waals surface area contributed by atoms with E-state index in [1.54, 1.807) is 0 Å². The third-order valence-corrected chi connectivity index (χ3v) is 3.18. The van der Waals surface area contributed by atoms with Crippen molar-refractivity contribution in [2.24, 2.45) is 0 Å². The van der Waals surface area contributed by atoms with Crippen molar-refractivity contribution in [1.29, 1.82) is 0 Å². The first-order valence-electron chi connectivity index (χ1n) is 4.19. The Morgan fingerprint density at radius 2 is 2.27 bits per heavy atom. The second-order valence-electron chi connectivity index (χ2n) is 3.04. The molecule has 0 spiro atoms. The van der Waals surface area contributed by atoms with Gasteiger partial charge in [-0.2, -0.15) is 0 Å². The highest BCUT2D eigenvalue weighted by molar-refractivity contribution is 7.89. The van der Waals surface area contributed by atoms with Gasteiger partial charge in [-0.1, -0.05) is 0 Å². The predicted molar refractivity (Wildman–Crippen MR) is 51.1 cm³/mol. The molecule has 0 bridgehead atoms. The number of halogens is 1. The van der Waals surface area contributed by atoms with Gasteiger partial charge in [-0.25, -0.2) is 17.5 Å². The molecule has 1 unspecified atom stereocenters. The van der Waals surface area contributed by atoms with Gasteiger partial charge < -0.3 is 5.11 Å². The SMILES string of the molecule is CC(CO)NS(=O)(=O)c1cncc(F)c1. The Labute approximate surface area is 87.0 Å². The minimum absolute atomic E-state index is 0.261. The van der Waals surface area contributed by atoms with Crippen molar-refractivity contribution < 1.29 is 17.9 Å². The van der Waals surface area contributed by atoms with Crippen molar-refractivity contribution in [1.82, 2.24) is 9.71 Å². The lowest BCUT2D eigenvalue weighted by molar-refractivity contribution is 0.265. The number of nitrogens with one attached hydrogen (secondary N) is 1. The quantitative estimate of drug-likeness (QED) is 0.761. The number of hydrogen-bond donors (Lipinski definition) is 2. The molecule has 0 fully saturated rings. The van der Waals surface area contributed by atoms with Crippen molar-refractivity contribution in [3.63, 3.8) is 0 Å². The van der Waals surface area contributed by atoms with Gasteiger partial charge in [0, 0.05) is 12.2 Å². The maximum atomic E-state index is 12.7. The van der Waals surface area contributed by atoms with E-state index in [1.165, 1.54) is 6.92 Å². The van der Waals surface area contributed by atoms with Crippen LogP contribution in [0.4, 0.5) is 4.39 Å². The van der Waals surface area contributed by atoms with Crippen LogP contribution in [-0.2, 0) is 10.0 Å². The van der Waals surface area contributed by atoms with E-state index in [9.17, 15) is 12.8 Å². The Kier molecular flexibility index (Phi) is 3.72. The first-order valence-corrected chi connectivity index (χ1v) is 5.68. The molecule has 0 aliphatic rings. The number of pyridine rings is 1. The van der Waals surface area contributed by atoms with Crippen LogP contribution in [0.25, 0.3) is 0 Å². The monoisotopic (exact) mass is 234 g/mol. The molecular weight excluding hydrogens is 223 g/mol. The van der Waals surface area contributed by atoms with Crippen LogP contribution >= 0.6 is 0 Å². The topological polar surface area (TPSA) is 79.3 Å². The number of rotatable bonds is 4. The lowest BCUT2D eigenvalue weighted by Crippen LogP contribution is -2.35. The van der Waals surface area contributed by atoms with E-state index in [-0.39, 0.29) is 11.5 Å². The molecule has 0 amide bonds. The summed E-state index contributed by atoms with van der Waals surface area (Å²) >= 11 is 0. The summed E-state index contributed by atoms with van der Waals surface area (Å²) in [6.45, 7) is 1.16. The minimum atomic E-state index is -3.81. The first-order chi connectivity index (χ1) is 6.95. The summed E-state index contributed by atoms with van der Waals surface area (Å²) in [6.07, 6.45) is 1.95. The Morgan fingerprint density at radius 1 is 1.60 bits per heavy atom. The second kappa shape index (κ2) is 4.65. The lowest BCUT2D eigenvalue weighted by Gasteiger charge is -2.10. The maximum absolute atomic E-state index is 12.7. The molecule has 0 aliphatic carbocycles. The molecule has 2 N–H and O–H groups in total. The summed E-state index contributed by atoms with van der Waals surface area (Å²) in [7, 11) is -3.81. The van der Waals surface area contributed by atoms with E-state index in [1.807, 2.05) is 0 Å².